The van der Waals surface area contributed by atoms with Crippen molar-refractivity contribution in [3.05, 3.63) is 143 Å². The van der Waals surface area contributed by atoms with Crippen molar-refractivity contribution in [1.29, 1.82) is 0 Å². The van der Waals surface area contributed by atoms with Gasteiger partial charge in [-0.2, -0.15) is 0 Å². The summed E-state index contributed by atoms with van der Waals surface area (Å²) >= 11 is 0. The summed E-state index contributed by atoms with van der Waals surface area (Å²) in [4.78, 5) is 2.60. The second-order valence-corrected chi connectivity index (χ2v) is 11.6. The van der Waals surface area contributed by atoms with Gasteiger partial charge in [-0.3, -0.25) is 0 Å². The molecule has 2 N–H and O–H groups in total. The summed E-state index contributed by atoms with van der Waals surface area (Å²) in [7, 11) is 0. The first-order valence-corrected chi connectivity index (χ1v) is 14.9. The molecule has 1 aliphatic rings. The Morgan fingerprint density at radius 3 is 1.60 bits per heavy atom. The summed E-state index contributed by atoms with van der Waals surface area (Å²) in [6, 6.07) is 40.1. The Morgan fingerprint density at radius 1 is 0.700 bits per heavy atom. The summed E-state index contributed by atoms with van der Waals surface area (Å²) < 4.78 is 14.4. The molecule has 1 fully saturated rings. The van der Waals surface area contributed by atoms with Crippen LogP contribution in [-0.2, 0) is 10.8 Å². The van der Waals surface area contributed by atoms with Crippen LogP contribution < -0.4 is 5.73 Å². The Hall–Kier alpha value is -3.27. The van der Waals surface area contributed by atoms with Crippen LogP contribution in [0.3, 0.4) is 0 Å². The fourth-order valence-electron chi connectivity index (χ4n) is 7.37. The number of piperidine rings is 1. The number of nitrogens with zero attached hydrogens (tertiary/aromatic N) is 1. The molecular weight excluding hydrogens is 491 g/mol. The van der Waals surface area contributed by atoms with Crippen LogP contribution in [0.4, 0.5) is 4.39 Å². The summed E-state index contributed by atoms with van der Waals surface area (Å²) in [6.07, 6.45) is 4.58. The minimum Gasteiger partial charge on any atom is -0.324 e. The Morgan fingerprint density at radius 2 is 1.18 bits per heavy atom. The van der Waals surface area contributed by atoms with Crippen molar-refractivity contribution in [2.24, 2.45) is 5.73 Å². The second kappa shape index (κ2) is 12.1. The number of rotatable bonds is 10. The summed E-state index contributed by atoms with van der Waals surface area (Å²) in [5.41, 5.74) is 11.3. The van der Waals surface area contributed by atoms with Crippen molar-refractivity contribution in [2.45, 2.75) is 62.3 Å². The topological polar surface area (TPSA) is 29.3 Å². The molecule has 0 saturated carbocycles. The summed E-state index contributed by atoms with van der Waals surface area (Å²) in [5, 5.41) is 0. The van der Waals surface area contributed by atoms with E-state index >= 15 is 0 Å². The van der Waals surface area contributed by atoms with E-state index < -0.39 is 0 Å². The predicted molar refractivity (Wildman–Crippen MR) is 165 cm³/mol. The molecule has 0 unspecified atom stereocenters. The lowest BCUT2D eigenvalue weighted by molar-refractivity contribution is 0.0843. The van der Waals surface area contributed by atoms with Crippen LogP contribution in [0.1, 0.15) is 68.2 Å². The Kier molecular flexibility index (Phi) is 8.54. The fraction of sp³-hybridized carbons (Fsp3) is 0.351. The largest absolute Gasteiger partial charge is 0.324 e. The molecule has 1 aliphatic heterocycles. The van der Waals surface area contributed by atoms with Gasteiger partial charge in [0.05, 0.1) is 0 Å². The molecule has 0 bridgehead atoms. The average molecular weight is 535 g/mol. The first kappa shape index (κ1) is 28.3. The Labute approximate surface area is 240 Å². The molecule has 40 heavy (non-hydrogen) atoms. The van der Waals surface area contributed by atoms with Crippen LogP contribution in [0, 0.1) is 5.82 Å². The van der Waals surface area contributed by atoms with Crippen LogP contribution >= 0.6 is 0 Å². The molecule has 0 amide bonds. The molecule has 1 heterocycles. The lowest BCUT2D eigenvalue weighted by Crippen LogP contribution is -2.61. The number of halogens is 1. The number of nitrogens with two attached hydrogens (primary N) is 1. The number of likely N-dealkylation sites (tertiary alicyclic amines) is 1. The molecule has 0 spiro atoms. The van der Waals surface area contributed by atoms with Crippen molar-refractivity contribution in [3.8, 4) is 0 Å². The third kappa shape index (κ3) is 5.13. The highest BCUT2D eigenvalue weighted by Crippen LogP contribution is 2.47. The van der Waals surface area contributed by atoms with Crippen LogP contribution in [0.5, 0.6) is 0 Å². The van der Waals surface area contributed by atoms with Gasteiger partial charge in [0.15, 0.2) is 0 Å². The number of hydrogen-bond acceptors (Lipinski definition) is 2. The first-order chi connectivity index (χ1) is 19.5. The van der Waals surface area contributed by atoms with Crippen LogP contribution in [0.25, 0.3) is 0 Å². The van der Waals surface area contributed by atoms with E-state index in [-0.39, 0.29) is 22.2 Å². The third-order valence-electron chi connectivity index (χ3n) is 9.90. The van der Waals surface area contributed by atoms with E-state index in [1.165, 1.54) is 16.7 Å². The van der Waals surface area contributed by atoms with Crippen molar-refractivity contribution >= 4 is 0 Å². The quantitative estimate of drug-likeness (QED) is 0.208. The van der Waals surface area contributed by atoms with Crippen LogP contribution in [0.2, 0.25) is 0 Å². The maximum Gasteiger partial charge on any atom is 0.123 e. The number of benzene rings is 4. The average Bonchev–Trinajstić information content (AvgIpc) is 3.03. The van der Waals surface area contributed by atoms with Gasteiger partial charge in [0, 0.05) is 16.4 Å². The SMILES string of the molecule is CCC(N)(CC)C1(c2cccc(F)c2)CCN(CCC(c2ccccc2)(c2ccccc2)c2ccccc2)CC1. The number of hydrogen-bond donors (Lipinski definition) is 1. The lowest BCUT2D eigenvalue weighted by atomic mass is 9.58. The molecule has 3 heteroatoms. The van der Waals surface area contributed by atoms with Gasteiger partial charge in [-0.05, 0) is 86.1 Å². The smallest absolute Gasteiger partial charge is 0.123 e. The van der Waals surface area contributed by atoms with Gasteiger partial charge in [-0.1, -0.05) is 117 Å². The molecule has 0 radical (unpaired) electrons. The molecule has 5 rings (SSSR count). The fourth-order valence-corrected chi connectivity index (χ4v) is 7.37. The van der Waals surface area contributed by atoms with Gasteiger partial charge in [0.25, 0.3) is 0 Å². The first-order valence-electron chi connectivity index (χ1n) is 14.9. The molecule has 0 aromatic heterocycles. The van der Waals surface area contributed by atoms with E-state index in [2.05, 4.69) is 116 Å². The molecule has 208 valence electrons. The van der Waals surface area contributed by atoms with Gasteiger partial charge in [-0.15, -0.1) is 0 Å². The maximum absolute atomic E-state index is 14.4. The van der Waals surface area contributed by atoms with E-state index in [0.29, 0.717) is 0 Å². The highest BCUT2D eigenvalue weighted by molar-refractivity contribution is 5.50. The molecule has 0 atom stereocenters. The van der Waals surface area contributed by atoms with E-state index in [9.17, 15) is 4.39 Å². The van der Waals surface area contributed by atoms with Gasteiger partial charge < -0.3 is 10.6 Å². The monoisotopic (exact) mass is 534 g/mol. The molecule has 4 aromatic carbocycles. The second-order valence-electron chi connectivity index (χ2n) is 11.6. The van der Waals surface area contributed by atoms with Crippen molar-refractivity contribution in [1.82, 2.24) is 4.90 Å². The van der Waals surface area contributed by atoms with Crippen molar-refractivity contribution < 1.29 is 4.39 Å². The normalized spacial score (nSPS) is 16.1. The van der Waals surface area contributed by atoms with Crippen LogP contribution in [-0.4, -0.2) is 30.1 Å². The zero-order valence-corrected chi connectivity index (χ0v) is 24.0. The predicted octanol–water partition coefficient (Wildman–Crippen LogP) is 8.10. The van der Waals surface area contributed by atoms with E-state index in [1.54, 1.807) is 12.1 Å². The standard InChI is InChI=1S/C37H43FN2/c1-3-36(39,4-2)35(33-21-14-22-34(38)29-33)23-26-40(27-24-35)28-25-37(30-15-8-5-9-16-30,31-17-10-6-11-18-31)32-19-12-7-13-20-32/h5-22,29H,3-4,23-28,39H2,1-2H3. The Bertz CT molecular complexity index is 1240. The highest BCUT2D eigenvalue weighted by atomic mass is 19.1. The zero-order chi connectivity index (χ0) is 28.1. The Balaban J connectivity index is 1.47. The minimum atomic E-state index is -0.366. The van der Waals surface area contributed by atoms with Crippen molar-refractivity contribution in [3.63, 3.8) is 0 Å². The molecule has 1 saturated heterocycles. The minimum absolute atomic E-state index is 0.174. The van der Waals surface area contributed by atoms with Crippen molar-refractivity contribution in [2.75, 3.05) is 19.6 Å². The summed E-state index contributed by atoms with van der Waals surface area (Å²) in [5.74, 6) is -0.174. The van der Waals surface area contributed by atoms with Gasteiger partial charge in [0.2, 0.25) is 0 Å². The van der Waals surface area contributed by atoms with Gasteiger partial charge in [0.1, 0.15) is 5.82 Å². The third-order valence-corrected chi connectivity index (χ3v) is 9.90. The zero-order valence-electron chi connectivity index (χ0n) is 24.0. The van der Waals surface area contributed by atoms with E-state index in [0.717, 1.165) is 57.3 Å². The highest BCUT2D eigenvalue weighted by Gasteiger charge is 2.49. The molecule has 2 nitrogen and oxygen atoms in total. The van der Waals surface area contributed by atoms with Gasteiger partial charge >= 0.3 is 0 Å². The van der Waals surface area contributed by atoms with E-state index in [4.69, 9.17) is 5.73 Å². The molecule has 4 aromatic rings. The van der Waals surface area contributed by atoms with Crippen LogP contribution in [0.15, 0.2) is 115 Å². The molecule has 0 aliphatic carbocycles. The van der Waals surface area contributed by atoms with Gasteiger partial charge in [-0.25, -0.2) is 4.39 Å². The summed E-state index contributed by atoms with van der Waals surface area (Å²) in [6.45, 7) is 7.23. The maximum atomic E-state index is 14.4. The lowest BCUT2D eigenvalue weighted by Gasteiger charge is -2.53. The van der Waals surface area contributed by atoms with E-state index in [1.807, 2.05) is 6.07 Å². The molecular formula is C37H43FN2.